The maximum Gasteiger partial charge on any atom is 0.175 e. The van der Waals surface area contributed by atoms with Gasteiger partial charge in [-0.15, -0.1) is 0 Å². The Bertz CT molecular complexity index is 771. The van der Waals surface area contributed by atoms with Crippen LogP contribution in [-0.4, -0.2) is 5.11 Å². The predicted molar refractivity (Wildman–Crippen MR) is 99.3 cm³/mol. The average molecular weight is 349 g/mol. The van der Waals surface area contributed by atoms with Gasteiger partial charge in [0.05, 0.1) is 10.0 Å². The van der Waals surface area contributed by atoms with Crippen molar-refractivity contribution in [2.24, 2.45) is 0 Å². The molecule has 5 heteroatoms. The second-order valence-electron chi connectivity index (χ2n) is 5.30. The fraction of sp³-hybridized carbons (Fsp3) is 0.118. The maximum absolute atomic E-state index is 5.99. The van der Waals surface area contributed by atoms with E-state index in [1.54, 1.807) is 12.1 Å². The van der Waals surface area contributed by atoms with Gasteiger partial charge < -0.3 is 10.6 Å². The van der Waals surface area contributed by atoms with Crippen LogP contribution < -0.4 is 10.6 Å². The molecule has 0 saturated carbocycles. The molecular formula is C17H14Cl2N2S. The summed E-state index contributed by atoms with van der Waals surface area (Å²) in [5, 5.41) is 7.80. The summed E-state index contributed by atoms with van der Waals surface area (Å²) in [7, 11) is 0. The van der Waals surface area contributed by atoms with E-state index in [-0.39, 0.29) is 0 Å². The van der Waals surface area contributed by atoms with Crippen molar-refractivity contribution in [3.8, 4) is 0 Å². The minimum atomic E-state index is 0.491. The number of fused-ring (bicyclic) bond motifs is 1. The summed E-state index contributed by atoms with van der Waals surface area (Å²) in [4.78, 5) is 0. The molecule has 2 N–H and O–H groups in total. The Kier molecular flexibility index (Phi) is 4.39. The van der Waals surface area contributed by atoms with Crippen molar-refractivity contribution >= 4 is 51.9 Å². The lowest BCUT2D eigenvalue weighted by Crippen LogP contribution is -2.19. The lowest BCUT2D eigenvalue weighted by atomic mass is 10.1. The van der Waals surface area contributed by atoms with Crippen molar-refractivity contribution in [1.29, 1.82) is 0 Å². The van der Waals surface area contributed by atoms with Crippen molar-refractivity contribution in [1.82, 2.24) is 0 Å². The van der Waals surface area contributed by atoms with E-state index in [0.717, 1.165) is 24.2 Å². The Hall–Kier alpha value is -1.55. The third kappa shape index (κ3) is 3.43. The SMILES string of the molecule is C=C1Cc2ccc(NC(=S)Nc3ccc(Cl)c(Cl)c3)cc2C1. The van der Waals surface area contributed by atoms with Gasteiger partial charge in [0.15, 0.2) is 5.11 Å². The van der Waals surface area contributed by atoms with Crippen molar-refractivity contribution in [3.63, 3.8) is 0 Å². The summed E-state index contributed by atoms with van der Waals surface area (Å²) in [5.74, 6) is 0. The molecule has 0 radical (unpaired) electrons. The van der Waals surface area contributed by atoms with Crippen LogP contribution in [0.4, 0.5) is 11.4 Å². The van der Waals surface area contributed by atoms with Crippen molar-refractivity contribution in [2.45, 2.75) is 12.8 Å². The lowest BCUT2D eigenvalue weighted by molar-refractivity contribution is 1.19. The van der Waals surface area contributed by atoms with Crippen molar-refractivity contribution in [2.75, 3.05) is 10.6 Å². The number of allylic oxidation sites excluding steroid dienone is 1. The predicted octanol–water partition coefficient (Wildman–Crippen LogP) is 5.46. The number of hydrogen-bond donors (Lipinski definition) is 2. The molecule has 0 bridgehead atoms. The topological polar surface area (TPSA) is 24.1 Å². The van der Waals surface area contributed by atoms with Crippen molar-refractivity contribution < 1.29 is 0 Å². The van der Waals surface area contributed by atoms with Crippen LogP contribution in [0.25, 0.3) is 0 Å². The number of halogens is 2. The van der Waals surface area contributed by atoms with E-state index < -0.39 is 0 Å². The number of rotatable bonds is 2. The summed E-state index contributed by atoms with van der Waals surface area (Å²) in [5.41, 5.74) is 5.67. The summed E-state index contributed by atoms with van der Waals surface area (Å²) in [6.45, 7) is 4.05. The average Bonchev–Trinajstić information content (AvgIpc) is 2.82. The van der Waals surface area contributed by atoms with Gasteiger partial charge in [0, 0.05) is 11.4 Å². The van der Waals surface area contributed by atoms with Crippen LogP contribution in [0.5, 0.6) is 0 Å². The second-order valence-corrected chi connectivity index (χ2v) is 6.52. The normalized spacial score (nSPS) is 12.9. The molecule has 0 spiro atoms. The molecule has 3 rings (SSSR count). The Morgan fingerprint density at radius 2 is 1.55 bits per heavy atom. The molecule has 0 aromatic heterocycles. The molecule has 2 aromatic carbocycles. The molecule has 0 saturated heterocycles. The molecular weight excluding hydrogens is 335 g/mol. The molecule has 2 nitrogen and oxygen atoms in total. The van der Waals surface area contributed by atoms with Gasteiger partial charge in [-0.3, -0.25) is 0 Å². The van der Waals surface area contributed by atoms with Gasteiger partial charge in [0.2, 0.25) is 0 Å². The smallest absolute Gasteiger partial charge is 0.175 e. The Balaban J connectivity index is 1.68. The van der Waals surface area contributed by atoms with E-state index >= 15 is 0 Å². The van der Waals surface area contributed by atoms with Gasteiger partial charge in [-0.2, -0.15) is 0 Å². The first-order valence-electron chi connectivity index (χ1n) is 6.83. The zero-order chi connectivity index (χ0) is 15.7. The van der Waals surface area contributed by atoms with E-state index in [0.29, 0.717) is 15.2 Å². The van der Waals surface area contributed by atoms with E-state index in [4.69, 9.17) is 35.4 Å². The summed E-state index contributed by atoms with van der Waals surface area (Å²) < 4.78 is 0. The van der Waals surface area contributed by atoms with Crippen LogP contribution in [0.2, 0.25) is 10.0 Å². The quantitative estimate of drug-likeness (QED) is 0.556. The number of nitrogens with one attached hydrogen (secondary N) is 2. The first kappa shape index (κ1) is 15.3. The largest absolute Gasteiger partial charge is 0.332 e. The van der Waals surface area contributed by atoms with Gasteiger partial charge in [-0.05, 0) is 66.5 Å². The highest BCUT2D eigenvalue weighted by molar-refractivity contribution is 7.80. The zero-order valence-electron chi connectivity index (χ0n) is 11.7. The lowest BCUT2D eigenvalue weighted by Gasteiger charge is -2.12. The first-order valence-corrected chi connectivity index (χ1v) is 7.99. The second kappa shape index (κ2) is 6.29. The molecule has 22 heavy (non-hydrogen) atoms. The van der Waals surface area contributed by atoms with Crippen LogP contribution in [0.1, 0.15) is 11.1 Å². The van der Waals surface area contributed by atoms with Gasteiger partial charge in [-0.1, -0.05) is 41.4 Å². The highest BCUT2D eigenvalue weighted by Gasteiger charge is 2.14. The Morgan fingerprint density at radius 3 is 2.27 bits per heavy atom. The monoisotopic (exact) mass is 348 g/mol. The summed E-state index contributed by atoms with van der Waals surface area (Å²) in [6.07, 6.45) is 1.92. The first-order chi connectivity index (χ1) is 10.5. The molecule has 1 aliphatic carbocycles. The molecule has 0 atom stereocenters. The highest BCUT2D eigenvalue weighted by Crippen LogP contribution is 2.28. The third-order valence-electron chi connectivity index (χ3n) is 3.52. The van der Waals surface area contributed by atoms with E-state index in [1.165, 1.54) is 16.7 Å². The molecule has 112 valence electrons. The van der Waals surface area contributed by atoms with Gasteiger partial charge in [0.25, 0.3) is 0 Å². The summed E-state index contributed by atoms with van der Waals surface area (Å²) in [6, 6.07) is 11.6. The van der Waals surface area contributed by atoms with Crippen LogP contribution in [0.15, 0.2) is 48.6 Å². The van der Waals surface area contributed by atoms with Gasteiger partial charge >= 0.3 is 0 Å². The highest BCUT2D eigenvalue weighted by atomic mass is 35.5. The molecule has 0 heterocycles. The van der Waals surface area contributed by atoms with Crippen LogP contribution >= 0.6 is 35.4 Å². The number of benzene rings is 2. The zero-order valence-corrected chi connectivity index (χ0v) is 14.1. The molecule has 0 fully saturated rings. The molecule has 1 aliphatic rings. The standard InChI is InChI=1S/C17H14Cl2N2S/c1-10-6-11-2-3-13(8-12(11)7-10)20-17(22)21-14-4-5-15(18)16(19)9-14/h2-5,8-9H,1,6-7H2,(H2,20,21,22). The van der Waals surface area contributed by atoms with E-state index in [9.17, 15) is 0 Å². The number of anilines is 2. The van der Waals surface area contributed by atoms with E-state index in [1.807, 2.05) is 12.1 Å². The molecule has 2 aromatic rings. The third-order valence-corrected chi connectivity index (χ3v) is 4.47. The Morgan fingerprint density at radius 1 is 0.909 bits per heavy atom. The minimum absolute atomic E-state index is 0.491. The van der Waals surface area contributed by atoms with Crippen molar-refractivity contribution in [3.05, 3.63) is 69.7 Å². The van der Waals surface area contributed by atoms with E-state index in [2.05, 4.69) is 29.3 Å². The van der Waals surface area contributed by atoms with Gasteiger partial charge in [0.1, 0.15) is 0 Å². The fourth-order valence-corrected chi connectivity index (χ4v) is 3.04. The molecule has 0 aliphatic heterocycles. The van der Waals surface area contributed by atoms with Crippen LogP contribution in [-0.2, 0) is 12.8 Å². The maximum atomic E-state index is 5.99. The number of hydrogen-bond acceptors (Lipinski definition) is 1. The van der Waals surface area contributed by atoms with Crippen LogP contribution in [0.3, 0.4) is 0 Å². The number of thiocarbonyl (C=S) groups is 1. The molecule has 0 unspecified atom stereocenters. The fourth-order valence-electron chi connectivity index (χ4n) is 2.51. The summed E-state index contributed by atoms with van der Waals surface area (Å²) >= 11 is 17.2. The van der Waals surface area contributed by atoms with Crippen LogP contribution in [0, 0.1) is 0 Å². The Labute approximate surface area is 145 Å². The molecule has 0 amide bonds. The minimum Gasteiger partial charge on any atom is -0.332 e. The van der Waals surface area contributed by atoms with Gasteiger partial charge in [-0.25, -0.2) is 0 Å².